The number of allylic oxidation sites excluding steroid dienone is 1. The molecule has 0 spiro atoms. The van der Waals surface area contributed by atoms with Gasteiger partial charge in [0, 0.05) is 4.48 Å². The number of alkyl halides is 3. The molecule has 5 heteroatoms. The minimum Gasteiger partial charge on any atom is -0.388 e. The topological polar surface area (TPSA) is 20.2 Å². The van der Waals surface area contributed by atoms with Crippen molar-refractivity contribution in [3.63, 3.8) is 0 Å². The second kappa shape index (κ2) is 3.38. The normalized spacial score (nSPS) is 31.6. The molecule has 70 valence electrons. The van der Waals surface area contributed by atoms with Crippen molar-refractivity contribution < 1.29 is 18.3 Å². The van der Waals surface area contributed by atoms with Crippen LogP contribution in [-0.4, -0.2) is 17.4 Å². The Bertz CT molecular complexity index is 199. The van der Waals surface area contributed by atoms with Crippen molar-refractivity contribution in [1.82, 2.24) is 0 Å². The molecule has 0 saturated carbocycles. The van der Waals surface area contributed by atoms with Gasteiger partial charge in [0.15, 0.2) is 0 Å². The standard InChI is InChI=1S/C7H8BrF3O/c8-5-2-1-4(3-6(5)12)7(9,10)11/h2,4,6,12H,1,3H2. The quantitative estimate of drug-likeness (QED) is 0.695. The first-order valence-corrected chi connectivity index (χ1v) is 4.31. The van der Waals surface area contributed by atoms with Gasteiger partial charge in [-0.05, 0) is 12.8 Å². The van der Waals surface area contributed by atoms with Crippen LogP contribution < -0.4 is 0 Å². The minimum absolute atomic E-state index is 0.0405. The van der Waals surface area contributed by atoms with E-state index < -0.39 is 18.2 Å². The molecule has 1 nitrogen and oxygen atoms in total. The van der Waals surface area contributed by atoms with E-state index >= 15 is 0 Å². The summed E-state index contributed by atoms with van der Waals surface area (Å²) in [6.07, 6.45) is -4.08. The maximum absolute atomic E-state index is 12.1. The number of rotatable bonds is 0. The Kier molecular flexibility index (Phi) is 2.83. The Hall–Kier alpha value is -0.0300. The highest BCUT2D eigenvalue weighted by Gasteiger charge is 2.41. The molecule has 0 bridgehead atoms. The largest absolute Gasteiger partial charge is 0.392 e. The van der Waals surface area contributed by atoms with Crippen LogP contribution in [0.1, 0.15) is 12.8 Å². The lowest BCUT2D eigenvalue weighted by Crippen LogP contribution is -2.29. The molecule has 0 aromatic rings. The van der Waals surface area contributed by atoms with Gasteiger partial charge in [0.1, 0.15) is 0 Å². The summed E-state index contributed by atoms with van der Waals surface area (Å²) in [6.45, 7) is 0. The summed E-state index contributed by atoms with van der Waals surface area (Å²) >= 11 is 2.99. The molecule has 1 N–H and O–H groups in total. The van der Waals surface area contributed by atoms with E-state index in [0.717, 1.165) is 0 Å². The maximum Gasteiger partial charge on any atom is 0.392 e. The fraction of sp³-hybridized carbons (Fsp3) is 0.714. The van der Waals surface area contributed by atoms with Gasteiger partial charge in [0.05, 0.1) is 12.0 Å². The lowest BCUT2D eigenvalue weighted by atomic mass is 9.92. The van der Waals surface area contributed by atoms with Gasteiger partial charge in [-0.1, -0.05) is 22.0 Å². The molecule has 1 aliphatic carbocycles. The summed E-state index contributed by atoms with van der Waals surface area (Å²) in [5.41, 5.74) is 0. The Morgan fingerprint density at radius 2 is 2.08 bits per heavy atom. The highest BCUT2D eigenvalue weighted by Crippen LogP contribution is 2.38. The number of aliphatic hydroxyl groups excluding tert-OH is 1. The number of halogens is 4. The molecule has 0 fully saturated rings. The third kappa shape index (κ3) is 2.23. The van der Waals surface area contributed by atoms with Crippen molar-refractivity contribution in [2.24, 2.45) is 5.92 Å². The summed E-state index contributed by atoms with van der Waals surface area (Å²) in [6, 6.07) is 0. The van der Waals surface area contributed by atoms with Gasteiger partial charge in [0.2, 0.25) is 0 Å². The molecule has 2 unspecified atom stereocenters. The first kappa shape index (κ1) is 10.1. The lowest BCUT2D eigenvalue weighted by Gasteiger charge is -2.25. The van der Waals surface area contributed by atoms with Crippen molar-refractivity contribution in [2.45, 2.75) is 25.1 Å². The maximum atomic E-state index is 12.1. The Morgan fingerprint density at radius 3 is 2.50 bits per heavy atom. The monoisotopic (exact) mass is 244 g/mol. The molecule has 0 amide bonds. The predicted octanol–water partition coefficient (Wildman–Crippen LogP) is 2.60. The summed E-state index contributed by atoms with van der Waals surface area (Å²) in [7, 11) is 0. The molecule has 0 heterocycles. The minimum atomic E-state index is -4.19. The molecule has 2 atom stereocenters. The molecular weight excluding hydrogens is 237 g/mol. The van der Waals surface area contributed by atoms with E-state index in [-0.39, 0.29) is 12.8 Å². The van der Waals surface area contributed by atoms with Gasteiger partial charge in [-0.2, -0.15) is 13.2 Å². The third-order valence-electron chi connectivity index (χ3n) is 1.89. The van der Waals surface area contributed by atoms with E-state index in [1.54, 1.807) is 0 Å². The smallest absolute Gasteiger partial charge is 0.388 e. The number of hydrogen-bond acceptors (Lipinski definition) is 1. The van der Waals surface area contributed by atoms with Crippen LogP contribution >= 0.6 is 15.9 Å². The Morgan fingerprint density at radius 1 is 1.50 bits per heavy atom. The number of hydrogen-bond donors (Lipinski definition) is 1. The van der Waals surface area contributed by atoms with Crippen LogP contribution in [0.4, 0.5) is 13.2 Å². The molecule has 12 heavy (non-hydrogen) atoms. The summed E-state index contributed by atoms with van der Waals surface area (Å²) < 4.78 is 36.7. The van der Waals surface area contributed by atoms with Crippen LogP contribution in [0.25, 0.3) is 0 Å². The lowest BCUT2D eigenvalue weighted by molar-refractivity contribution is -0.180. The van der Waals surface area contributed by atoms with Gasteiger partial charge < -0.3 is 5.11 Å². The Balaban J connectivity index is 2.65. The number of aliphatic hydroxyl groups is 1. The zero-order valence-corrected chi connectivity index (χ0v) is 7.69. The van der Waals surface area contributed by atoms with E-state index in [9.17, 15) is 13.2 Å². The first-order valence-electron chi connectivity index (χ1n) is 3.51. The van der Waals surface area contributed by atoms with Gasteiger partial charge in [-0.15, -0.1) is 0 Å². The molecular formula is C7H8BrF3O. The molecule has 0 aliphatic heterocycles. The molecule has 0 radical (unpaired) electrons. The van der Waals surface area contributed by atoms with Gasteiger partial charge >= 0.3 is 6.18 Å². The van der Waals surface area contributed by atoms with Crippen molar-refractivity contribution in [3.05, 3.63) is 10.6 Å². The van der Waals surface area contributed by atoms with E-state index in [1.807, 2.05) is 0 Å². The van der Waals surface area contributed by atoms with Crippen LogP contribution in [0.15, 0.2) is 10.6 Å². The average Bonchev–Trinajstić information content (AvgIpc) is 1.92. The molecule has 1 rings (SSSR count). The second-order valence-corrected chi connectivity index (χ2v) is 3.73. The van der Waals surface area contributed by atoms with Crippen molar-refractivity contribution in [3.8, 4) is 0 Å². The highest BCUT2D eigenvalue weighted by atomic mass is 79.9. The van der Waals surface area contributed by atoms with E-state index in [2.05, 4.69) is 15.9 Å². The summed E-state index contributed by atoms with van der Waals surface area (Å²) in [4.78, 5) is 0. The second-order valence-electron chi connectivity index (χ2n) is 2.81. The van der Waals surface area contributed by atoms with Crippen LogP contribution in [0.2, 0.25) is 0 Å². The van der Waals surface area contributed by atoms with Crippen molar-refractivity contribution >= 4 is 15.9 Å². The molecule has 0 aromatic carbocycles. The van der Waals surface area contributed by atoms with Crippen LogP contribution in [-0.2, 0) is 0 Å². The van der Waals surface area contributed by atoms with E-state index in [1.165, 1.54) is 6.08 Å². The zero-order valence-electron chi connectivity index (χ0n) is 6.11. The van der Waals surface area contributed by atoms with Gasteiger partial charge in [-0.25, -0.2) is 0 Å². The summed E-state index contributed by atoms with van der Waals surface area (Å²) in [5, 5.41) is 9.10. The molecule has 1 aliphatic rings. The van der Waals surface area contributed by atoms with Crippen molar-refractivity contribution in [2.75, 3.05) is 0 Å². The van der Waals surface area contributed by atoms with Crippen LogP contribution in [0, 0.1) is 5.92 Å². The fourth-order valence-electron chi connectivity index (χ4n) is 1.14. The SMILES string of the molecule is OC1CC(C(F)(F)F)CC=C1Br. The highest BCUT2D eigenvalue weighted by molar-refractivity contribution is 9.11. The first-order chi connectivity index (χ1) is 5.41. The van der Waals surface area contributed by atoms with Crippen LogP contribution in [0.5, 0.6) is 0 Å². The fourth-order valence-corrected chi connectivity index (χ4v) is 1.51. The average molecular weight is 245 g/mol. The van der Waals surface area contributed by atoms with Crippen LogP contribution in [0.3, 0.4) is 0 Å². The molecule has 0 saturated heterocycles. The van der Waals surface area contributed by atoms with E-state index in [4.69, 9.17) is 5.11 Å². The summed E-state index contributed by atoms with van der Waals surface area (Å²) in [5.74, 6) is -1.39. The van der Waals surface area contributed by atoms with Gasteiger partial charge in [0.25, 0.3) is 0 Å². The van der Waals surface area contributed by atoms with Crippen molar-refractivity contribution in [1.29, 1.82) is 0 Å². The Labute approximate surface area is 76.4 Å². The van der Waals surface area contributed by atoms with Gasteiger partial charge in [-0.3, -0.25) is 0 Å². The third-order valence-corrected chi connectivity index (χ3v) is 2.74. The van der Waals surface area contributed by atoms with E-state index in [0.29, 0.717) is 4.48 Å². The zero-order chi connectivity index (χ0) is 9.35. The molecule has 0 aromatic heterocycles. The predicted molar refractivity (Wildman–Crippen MR) is 41.8 cm³/mol.